The van der Waals surface area contributed by atoms with Crippen molar-refractivity contribution in [2.24, 2.45) is 11.0 Å². The Hall–Kier alpha value is -2.67. The number of unbranched alkanes of at least 4 members (excludes halogenated alkanes) is 1. The molecule has 0 aliphatic carbocycles. The van der Waals surface area contributed by atoms with Crippen LogP contribution in [0, 0.1) is 12.8 Å². The Morgan fingerprint density at radius 2 is 1.87 bits per heavy atom. The fourth-order valence-electron chi connectivity index (χ4n) is 2.78. The summed E-state index contributed by atoms with van der Waals surface area (Å²) in [4.78, 5) is 25.2. The number of amides is 2. The Kier molecular flexibility index (Phi) is 9.72. The number of benzene rings is 2. The second-order valence-corrected chi connectivity index (χ2v) is 8.60. The Labute approximate surface area is 192 Å². The second-order valence-electron chi connectivity index (χ2n) is 7.68. The number of hydrazone groups is 1. The minimum Gasteiger partial charge on any atom is -0.493 e. The summed E-state index contributed by atoms with van der Waals surface area (Å²) >= 11 is 3.44. The zero-order valence-corrected chi connectivity index (χ0v) is 20.0. The van der Waals surface area contributed by atoms with Crippen molar-refractivity contribution in [3.05, 3.63) is 63.6 Å². The fraction of sp³-hybridized carbons (Fsp3) is 0.375. The number of carbonyl (C=O) groups is 2. The third-order valence-electron chi connectivity index (χ3n) is 4.66. The van der Waals surface area contributed by atoms with E-state index in [0.717, 1.165) is 28.4 Å². The number of halogens is 1. The third-order valence-corrected chi connectivity index (χ3v) is 5.15. The first-order valence-corrected chi connectivity index (χ1v) is 11.2. The fourth-order valence-corrected chi connectivity index (χ4v) is 3.16. The molecule has 0 aliphatic heterocycles. The molecule has 0 fully saturated rings. The highest BCUT2D eigenvalue weighted by atomic mass is 79.9. The number of nitrogens with zero attached hydrogens (tertiary/aromatic N) is 1. The van der Waals surface area contributed by atoms with Crippen LogP contribution in [0.25, 0.3) is 0 Å². The van der Waals surface area contributed by atoms with Crippen LogP contribution in [-0.4, -0.2) is 30.7 Å². The van der Waals surface area contributed by atoms with Gasteiger partial charge in [0.05, 0.1) is 12.8 Å². The first-order chi connectivity index (χ1) is 14.8. The maximum Gasteiger partial charge on any atom is 0.262 e. The number of aryl methyl sites for hydroxylation is 1. The van der Waals surface area contributed by atoms with Crippen molar-refractivity contribution in [3.8, 4) is 5.75 Å². The molecule has 0 saturated heterocycles. The topological polar surface area (TPSA) is 79.8 Å². The maximum atomic E-state index is 12.7. The van der Waals surface area contributed by atoms with Crippen LogP contribution < -0.4 is 15.5 Å². The van der Waals surface area contributed by atoms with Crippen molar-refractivity contribution in [2.45, 2.75) is 46.6 Å². The molecule has 0 aromatic heterocycles. The smallest absolute Gasteiger partial charge is 0.262 e. The molecule has 2 aromatic rings. The number of nitrogens with one attached hydrogen (secondary N) is 2. The van der Waals surface area contributed by atoms with Gasteiger partial charge in [0.15, 0.2) is 0 Å². The van der Waals surface area contributed by atoms with E-state index in [2.05, 4.69) is 38.7 Å². The second kappa shape index (κ2) is 12.2. The van der Waals surface area contributed by atoms with E-state index in [-0.39, 0.29) is 17.7 Å². The SMILES string of the molecule is CCCCOc1ccc(Br)cc1/C=N\NC(=O)C(NC(=O)c1ccc(C)cc1)C(C)C. The Balaban J connectivity index is 2.04. The van der Waals surface area contributed by atoms with Crippen LogP contribution >= 0.6 is 15.9 Å². The molecule has 0 aliphatic rings. The molecule has 2 aromatic carbocycles. The van der Waals surface area contributed by atoms with Gasteiger partial charge in [0.25, 0.3) is 11.8 Å². The first kappa shape index (κ1) is 24.6. The zero-order valence-electron chi connectivity index (χ0n) is 18.4. The van der Waals surface area contributed by atoms with Crippen molar-refractivity contribution in [2.75, 3.05) is 6.61 Å². The Morgan fingerprint density at radius 3 is 2.52 bits per heavy atom. The van der Waals surface area contributed by atoms with E-state index in [1.165, 1.54) is 0 Å². The van der Waals surface area contributed by atoms with Crippen molar-refractivity contribution >= 4 is 34.0 Å². The predicted molar refractivity (Wildman–Crippen MR) is 128 cm³/mol. The minimum absolute atomic E-state index is 0.108. The van der Waals surface area contributed by atoms with Crippen molar-refractivity contribution < 1.29 is 14.3 Å². The summed E-state index contributed by atoms with van der Waals surface area (Å²) in [5, 5.41) is 6.89. The van der Waals surface area contributed by atoms with Crippen LogP contribution in [0.3, 0.4) is 0 Å². The van der Waals surface area contributed by atoms with E-state index in [9.17, 15) is 9.59 Å². The molecule has 31 heavy (non-hydrogen) atoms. The average Bonchev–Trinajstić information content (AvgIpc) is 2.73. The van der Waals surface area contributed by atoms with Gasteiger partial charge in [0.1, 0.15) is 11.8 Å². The van der Waals surface area contributed by atoms with E-state index >= 15 is 0 Å². The molecule has 1 atom stereocenters. The van der Waals surface area contributed by atoms with Gasteiger partial charge >= 0.3 is 0 Å². The lowest BCUT2D eigenvalue weighted by atomic mass is 10.0. The summed E-state index contributed by atoms with van der Waals surface area (Å²) in [6.45, 7) is 8.42. The van der Waals surface area contributed by atoms with Gasteiger partial charge in [0.2, 0.25) is 0 Å². The van der Waals surface area contributed by atoms with Crippen molar-refractivity contribution in [1.29, 1.82) is 0 Å². The van der Waals surface area contributed by atoms with Gasteiger partial charge in [-0.2, -0.15) is 5.10 Å². The monoisotopic (exact) mass is 487 g/mol. The van der Waals surface area contributed by atoms with E-state index in [1.54, 1.807) is 18.3 Å². The highest BCUT2D eigenvalue weighted by Crippen LogP contribution is 2.22. The highest BCUT2D eigenvalue weighted by Gasteiger charge is 2.24. The molecule has 6 nitrogen and oxygen atoms in total. The molecule has 7 heteroatoms. The largest absolute Gasteiger partial charge is 0.493 e. The number of rotatable bonds is 10. The molecular formula is C24H30BrN3O3. The number of ether oxygens (including phenoxy) is 1. The number of hydrogen-bond donors (Lipinski definition) is 2. The minimum atomic E-state index is -0.714. The Bertz CT molecular complexity index is 911. The molecule has 0 spiro atoms. The van der Waals surface area contributed by atoms with E-state index < -0.39 is 6.04 Å². The zero-order chi connectivity index (χ0) is 22.8. The van der Waals surface area contributed by atoms with Gasteiger partial charge in [-0.1, -0.05) is 60.8 Å². The lowest BCUT2D eigenvalue weighted by molar-refractivity contribution is -0.123. The molecule has 0 bridgehead atoms. The summed E-state index contributed by atoms with van der Waals surface area (Å²) in [6, 6.07) is 12.1. The predicted octanol–water partition coefficient (Wildman–Crippen LogP) is 4.84. The summed E-state index contributed by atoms with van der Waals surface area (Å²) in [5.41, 5.74) is 4.86. The van der Waals surface area contributed by atoms with Crippen LogP contribution in [0.5, 0.6) is 5.75 Å². The maximum absolute atomic E-state index is 12.7. The van der Waals surface area contributed by atoms with Gasteiger partial charge in [-0.3, -0.25) is 9.59 Å². The van der Waals surface area contributed by atoms with Gasteiger partial charge < -0.3 is 10.1 Å². The van der Waals surface area contributed by atoms with Crippen LogP contribution in [0.2, 0.25) is 0 Å². The number of carbonyl (C=O) groups excluding carboxylic acids is 2. The molecule has 0 saturated carbocycles. The quantitative estimate of drug-likeness (QED) is 0.285. The van der Waals surface area contributed by atoms with Crippen LogP contribution in [0.4, 0.5) is 0 Å². The van der Waals surface area contributed by atoms with E-state index in [4.69, 9.17) is 4.74 Å². The average molecular weight is 488 g/mol. The highest BCUT2D eigenvalue weighted by molar-refractivity contribution is 9.10. The van der Waals surface area contributed by atoms with Crippen molar-refractivity contribution in [1.82, 2.24) is 10.7 Å². The molecule has 2 N–H and O–H groups in total. The Morgan fingerprint density at radius 1 is 1.16 bits per heavy atom. The first-order valence-electron chi connectivity index (χ1n) is 10.4. The van der Waals surface area contributed by atoms with Crippen LogP contribution in [0.1, 0.15) is 55.1 Å². The lowest BCUT2D eigenvalue weighted by Gasteiger charge is -2.20. The van der Waals surface area contributed by atoms with Gasteiger partial charge in [-0.15, -0.1) is 0 Å². The van der Waals surface area contributed by atoms with Gasteiger partial charge in [-0.25, -0.2) is 5.43 Å². The number of hydrogen-bond acceptors (Lipinski definition) is 4. The molecule has 2 rings (SSSR count). The molecule has 166 valence electrons. The van der Waals surface area contributed by atoms with Crippen LogP contribution in [-0.2, 0) is 4.79 Å². The third kappa shape index (κ3) is 7.83. The van der Waals surface area contributed by atoms with E-state index in [0.29, 0.717) is 17.9 Å². The van der Waals surface area contributed by atoms with Crippen LogP contribution in [0.15, 0.2) is 52.0 Å². The van der Waals surface area contributed by atoms with Gasteiger partial charge in [0, 0.05) is 15.6 Å². The lowest BCUT2D eigenvalue weighted by Crippen LogP contribution is -2.48. The van der Waals surface area contributed by atoms with Gasteiger partial charge in [-0.05, 0) is 49.6 Å². The van der Waals surface area contributed by atoms with Crippen molar-refractivity contribution in [3.63, 3.8) is 0 Å². The molecule has 0 radical (unpaired) electrons. The molecule has 2 amide bonds. The van der Waals surface area contributed by atoms with E-state index in [1.807, 2.05) is 51.1 Å². The summed E-state index contributed by atoms with van der Waals surface area (Å²) in [7, 11) is 0. The molecule has 1 unspecified atom stereocenters. The summed E-state index contributed by atoms with van der Waals surface area (Å²) in [5.74, 6) is -0.0854. The molecular weight excluding hydrogens is 458 g/mol. The normalized spacial score (nSPS) is 12.1. The standard InChI is InChI=1S/C24H30BrN3O3/c1-5-6-13-31-21-12-11-20(25)14-19(21)15-26-28-24(30)22(16(2)3)27-23(29)18-9-7-17(4)8-10-18/h7-12,14-16,22H,5-6,13H2,1-4H3,(H,27,29)(H,28,30)/b26-15-. The molecule has 0 heterocycles. The summed E-state index contributed by atoms with van der Waals surface area (Å²) in [6.07, 6.45) is 3.55. The summed E-state index contributed by atoms with van der Waals surface area (Å²) < 4.78 is 6.69.